The monoisotopic (exact) mass is 681 g/mol. The van der Waals surface area contributed by atoms with Gasteiger partial charge in [-0.25, -0.2) is 18.4 Å². The minimum atomic E-state index is -3.65. The fourth-order valence-electron chi connectivity index (χ4n) is 6.20. The molecular weight excluding hydrogens is 649 g/mol. The number of primary amides is 1. The number of benzene rings is 2. The number of imidazole rings is 1. The summed E-state index contributed by atoms with van der Waals surface area (Å²) in [5.41, 5.74) is 8.40. The highest BCUT2D eigenvalue weighted by Crippen LogP contribution is 2.39. The molecule has 1 saturated heterocycles. The molecule has 46 heavy (non-hydrogen) atoms. The molecule has 0 radical (unpaired) electrons. The van der Waals surface area contributed by atoms with Crippen LogP contribution in [0.2, 0.25) is 10.0 Å². The second-order valence-corrected chi connectivity index (χ2v) is 14.6. The molecule has 12 nitrogen and oxygen atoms in total. The Balaban J connectivity index is 1.30. The molecule has 1 unspecified atom stereocenters. The number of nitrogens with zero attached hydrogens (tertiary/aromatic N) is 6. The number of carbonyl (C=O) groups is 1. The first-order chi connectivity index (χ1) is 22.0. The number of hydrogen-bond acceptors (Lipinski definition) is 9. The Hall–Kier alpha value is -3.96. The fourth-order valence-corrected chi connectivity index (χ4v) is 8.31. The predicted molar refractivity (Wildman–Crippen MR) is 177 cm³/mol. The maximum Gasteiger partial charge on any atom is 0.243 e. The third-order valence-electron chi connectivity index (χ3n) is 8.68. The summed E-state index contributed by atoms with van der Waals surface area (Å²) in [6.07, 6.45) is 5.65. The van der Waals surface area contributed by atoms with Gasteiger partial charge in [-0.2, -0.15) is 14.6 Å². The van der Waals surface area contributed by atoms with Gasteiger partial charge in [-0.05, 0) is 69.7 Å². The molecule has 0 bridgehead atoms. The number of carbonyl (C=O) groups excluding carboxylic acids is 1. The standard InChI is InChI=1S/C31H33Cl2N9O3S/c1-18-4-10-23(11-5-18)46(44,45)41-12-2-3-21(17-41)37-30-36-16-26-29(40-30)42(22-8-6-20(7-9-22)28(35)43)31(38-26)39-27-24(32)13-19(15-34)14-25(27)33/h4-5,10-11,13-14,16,20-22H,2-3,6-9,12,17H2,1H3,(H2,35,43)(H,38,39)(H,36,37,40). The van der Waals surface area contributed by atoms with Crippen LogP contribution in [0.4, 0.5) is 17.6 Å². The van der Waals surface area contributed by atoms with Crippen LogP contribution in [0.15, 0.2) is 47.5 Å². The number of rotatable bonds is 8. The third-order valence-corrected chi connectivity index (χ3v) is 11.2. The van der Waals surface area contributed by atoms with Crippen LogP contribution in [0.5, 0.6) is 0 Å². The molecule has 6 rings (SSSR count). The van der Waals surface area contributed by atoms with Gasteiger partial charge in [0.1, 0.15) is 5.52 Å². The summed E-state index contributed by atoms with van der Waals surface area (Å²) in [5, 5.41) is 16.4. The Morgan fingerprint density at radius 3 is 2.41 bits per heavy atom. The van der Waals surface area contributed by atoms with Gasteiger partial charge in [0, 0.05) is 31.1 Å². The van der Waals surface area contributed by atoms with Crippen LogP contribution in [-0.2, 0) is 14.8 Å². The Morgan fingerprint density at radius 1 is 1.07 bits per heavy atom. The molecule has 3 heterocycles. The van der Waals surface area contributed by atoms with Gasteiger partial charge in [-0.1, -0.05) is 40.9 Å². The molecule has 2 aromatic heterocycles. The van der Waals surface area contributed by atoms with Crippen molar-refractivity contribution < 1.29 is 13.2 Å². The summed E-state index contributed by atoms with van der Waals surface area (Å²) >= 11 is 13.0. The average molecular weight is 683 g/mol. The summed E-state index contributed by atoms with van der Waals surface area (Å²) < 4.78 is 30.2. The van der Waals surface area contributed by atoms with Gasteiger partial charge in [0.25, 0.3) is 0 Å². The van der Waals surface area contributed by atoms with Crippen molar-refractivity contribution in [3.05, 3.63) is 63.8 Å². The van der Waals surface area contributed by atoms with Crippen LogP contribution in [-0.4, -0.2) is 57.3 Å². The van der Waals surface area contributed by atoms with Crippen molar-refractivity contribution in [1.82, 2.24) is 23.8 Å². The van der Waals surface area contributed by atoms with Gasteiger partial charge in [0.2, 0.25) is 27.8 Å². The van der Waals surface area contributed by atoms with Gasteiger partial charge in [0.15, 0.2) is 5.65 Å². The van der Waals surface area contributed by atoms with Crippen LogP contribution in [0, 0.1) is 24.2 Å². The minimum Gasteiger partial charge on any atom is -0.369 e. The molecule has 1 amide bonds. The van der Waals surface area contributed by atoms with E-state index in [0.29, 0.717) is 73.0 Å². The van der Waals surface area contributed by atoms with Gasteiger partial charge in [-0.15, -0.1) is 0 Å². The highest BCUT2D eigenvalue weighted by Gasteiger charge is 2.32. The maximum absolute atomic E-state index is 13.4. The van der Waals surface area contributed by atoms with E-state index in [2.05, 4.69) is 15.6 Å². The number of fused-ring (bicyclic) bond motifs is 1. The van der Waals surface area contributed by atoms with Crippen LogP contribution in [0.1, 0.15) is 55.7 Å². The number of aryl methyl sites for hydroxylation is 1. The van der Waals surface area contributed by atoms with Crippen molar-refractivity contribution in [2.45, 2.75) is 62.4 Å². The first-order valence-corrected chi connectivity index (χ1v) is 17.3. The van der Waals surface area contributed by atoms with Gasteiger partial charge >= 0.3 is 0 Å². The van der Waals surface area contributed by atoms with E-state index in [1.54, 1.807) is 30.5 Å². The van der Waals surface area contributed by atoms with E-state index in [1.807, 2.05) is 17.6 Å². The topological polar surface area (TPSA) is 172 Å². The lowest BCUT2D eigenvalue weighted by molar-refractivity contribution is -0.122. The van der Waals surface area contributed by atoms with E-state index >= 15 is 0 Å². The number of aromatic nitrogens is 4. The number of piperidine rings is 1. The van der Waals surface area contributed by atoms with Crippen LogP contribution in [0.25, 0.3) is 11.2 Å². The van der Waals surface area contributed by atoms with Crippen molar-refractivity contribution in [3.8, 4) is 6.07 Å². The normalized spacial score (nSPS) is 20.7. The number of nitrogens with two attached hydrogens (primary N) is 1. The highest BCUT2D eigenvalue weighted by molar-refractivity contribution is 7.89. The molecule has 1 aliphatic carbocycles. The second-order valence-electron chi connectivity index (χ2n) is 11.8. The molecular formula is C31H33Cl2N9O3S. The largest absolute Gasteiger partial charge is 0.369 e. The number of nitriles is 1. The van der Waals surface area contributed by atoms with Crippen LogP contribution < -0.4 is 16.4 Å². The van der Waals surface area contributed by atoms with E-state index < -0.39 is 10.0 Å². The summed E-state index contributed by atoms with van der Waals surface area (Å²) in [6.45, 7) is 2.63. The molecule has 2 aliphatic rings. The van der Waals surface area contributed by atoms with Gasteiger partial charge in [-0.3, -0.25) is 9.36 Å². The molecule has 4 aromatic rings. The number of anilines is 3. The van der Waals surface area contributed by atoms with E-state index in [0.717, 1.165) is 12.0 Å². The molecule has 0 spiro atoms. The lowest BCUT2D eigenvalue weighted by Crippen LogP contribution is -2.45. The van der Waals surface area contributed by atoms with Crippen molar-refractivity contribution in [3.63, 3.8) is 0 Å². The van der Waals surface area contributed by atoms with Crippen molar-refractivity contribution in [2.75, 3.05) is 23.7 Å². The smallest absolute Gasteiger partial charge is 0.243 e. The zero-order valence-electron chi connectivity index (χ0n) is 25.1. The quantitative estimate of drug-likeness (QED) is 0.216. The third kappa shape index (κ3) is 6.48. The SMILES string of the molecule is Cc1ccc(S(=O)(=O)N2CCCC(Nc3ncc4nc(Nc5c(Cl)cc(C#N)cc5Cl)n(C5CCC(C(N)=O)CC5)c4n3)C2)cc1. The Labute approximate surface area is 277 Å². The molecule has 2 fully saturated rings. The molecule has 1 saturated carbocycles. The fraction of sp³-hybridized carbons (Fsp3) is 0.387. The van der Waals surface area contributed by atoms with Crippen LogP contribution in [0.3, 0.4) is 0 Å². The Morgan fingerprint density at radius 2 is 1.76 bits per heavy atom. The molecule has 240 valence electrons. The zero-order chi connectivity index (χ0) is 32.6. The molecule has 1 atom stereocenters. The molecule has 1 aliphatic heterocycles. The van der Waals surface area contributed by atoms with Crippen molar-refractivity contribution in [2.24, 2.45) is 11.7 Å². The summed E-state index contributed by atoms with van der Waals surface area (Å²) in [5.74, 6) is 0.288. The Bertz CT molecular complexity index is 1910. The number of nitrogens with one attached hydrogen (secondary N) is 2. The average Bonchev–Trinajstić information content (AvgIpc) is 3.40. The zero-order valence-corrected chi connectivity index (χ0v) is 27.4. The van der Waals surface area contributed by atoms with E-state index in [9.17, 15) is 18.5 Å². The summed E-state index contributed by atoms with van der Waals surface area (Å²) in [7, 11) is -3.65. The summed E-state index contributed by atoms with van der Waals surface area (Å²) in [6, 6.07) is 11.7. The van der Waals surface area contributed by atoms with E-state index in [4.69, 9.17) is 38.9 Å². The van der Waals surface area contributed by atoms with Crippen molar-refractivity contribution >= 4 is 67.9 Å². The lowest BCUT2D eigenvalue weighted by atomic mass is 9.85. The van der Waals surface area contributed by atoms with Crippen LogP contribution >= 0.6 is 23.2 Å². The molecule has 4 N–H and O–H groups in total. The predicted octanol–water partition coefficient (Wildman–Crippen LogP) is 5.54. The number of sulfonamides is 1. The number of hydrogen-bond donors (Lipinski definition) is 3. The minimum absolute atomic E-state index is 0.0633. The lowest BCUT2D eigenvalue weighted by Gasteiger charge is -2.32. The van der Waals surface area contributed by atoms with Gasteiger partial charge < -0.3 is 16.4 Å². The van der Waals surface area contributed by atoms with E-state index in [1.165, 1.54) is 16.4 Å². The first kappa shape index (κ1) is 32.0. The Kier molecular flexibility index (Phi) is 9.07. The van der Waals surface area contributed by atoms with E-state index in [-0.39, 0.29) is 45.4 Å². The number of amides is 1. The molecule has 2 aromatic carbocycles. The van der Waals surface area contributed by atoms with Crippen molar-refractivity contribution in [1.29, 1.82) is 5.26 Å². The number of halogens is 2. The summed E-state index contributed by atoms with van der Waals surface area (Å²) in [4.78, 5) is 26.3. The second kappa shape index (κ2) is 13.0. The highest BCUT2D eigenvalue weighted by atomic mass is 35.5. The maximum atomic E-state index is 13.4. The molecule has 15 heteroatoms. The first-order valence-electron chi connectivity index (χ1n) is 15.1. The van der Waals surface area contributed by atoms with Gasteiger partial charge in [0.05, 0.1) is 38.5 Å².